The van der Waals surface area contributed by atoms with E-state index in [9.17, 15) is 4.79 Å². The summed E-state index contributed by atoms with van der Waals surface area (Å²) in [7, 11) is 0. The molecule has 5 heteroatoms. The number of rotatable bonds is 3. The number of fused-ring (bicyclic) bond motifs is 1. The predicted molar refractivity (Wildman–Crippen MR) is 95.8 cm³/mol. The van der Waals surface area contributed by atoms with Crippen LogP contribution < -0.4 is 4.74 Å². The molecule has 2 fully saturated rings. The lowest BCUT2D eigenvalue weighted by atomic mass is 9.92. The second kappa shape index (κ2) is 7.34. The number of carbonyl (C=O) groups excluding carboxylic acids is 1. The average Bonchev–Trinajstić information content (AvgIpc) is 3.12. The second-order valence-corrected chi connectivity index (χ2v) is 7.35. The first-order valence-corrected chi connectivity index (χ1v) is 9.60. The lowest BCUT2D eigenvalue weighted by molar-refractivity contribution is -0.132. The van der Waals surface area contributed by atoms with E-state index in [1.165, 1.54) is 0 Å². The van der Waals surface area contributed by atoms with Crippen LogP contribution in [0.3, 0.4) is 0 Å². The summed E-state index contributed by atoms with van der Waals surface area (Å²) in [5.74, 6) is 1.68. The fourth-order valence-electron chi connectivity index (χ4n) is 4.58. The maximum absolute atomic E-state index is 13.3. The minimum atomic E-state index is -0.0501. The quantitative estimate of drug-likeness (QED) is 0.842. The summed E-state index contributed by atoms with van der Waals surface area (Å²) in [5.41, 5.74) is 1.06. The van der Waals surface area contributed by atoms with Gasteiger partial charge in [0.05, 0.1) is 25.7 Å². The number of amides is 1. The van der Waals surface area contributed by atoms with Crippen molar-refractivity contribution in [1.82, 2.24) is 9.80 Å². The van der Waals surface area contributed by atoms with E-state index in [1.54, 1.807) is 0 Å². The van der Waals surface area contributed by atoms with Crippen LogP contribution in [0.1, 0.15) is 31.2 Å². The molecule has 0 saturated carbocycles. The summed E-state index contributed by atoms with van der Waals surface area (Å²) >= 11 is 0. The lowest BCUT2D eigenvalue weighted by Crippen LogP contribution is -2.47. The fraction of sp³-hybridized carbons (Fsp3) is 0.650. The van der Waals surface area contributed by atoms with Gasteiger partial charge < -0.3 is 14.4 Å². The molecule has 1 amide bonds. The van der Waals surface area contributed by atoms with Crippen molar-refractivity contribution in [3.05, 3.63) is 29.8 Å². The van der Waals surface area contributed by atoms with E-state index in [0.29, 0.717) is 18.6 Å². The molecule has 3 heterocycles. The maximum Gasteiger partial charge on any atom is 0.230 e. The largest absolute Gasteiger partial charge is 0.493 e. The third-order valence-corrected chi connectivity index (χ3v) is 6.01. The molecule has 25 heavy (non-hydrogen) atoms. The van der Waals surface area contributed by atoms with Crippen molar-refractivity contribution in [2.45, 2.75) is 31.7 Å². The molecular formula is C20H28N2O3. The van der Waals surface area contributed by atoms with Gasteiger partial charge in [-0.1, -0.05) is 31.5 Å². The number of morpholine rings is 1. The monoisotopic (exact) mass is 344 g/mol. The number of benzene rings is 1. The van der Waals surface area contributed by atoms with Gasteiger partial charge in [-0.15, -0.1) is 0 Å². The fourth-order valence-corrected chi connectivity index (χ4v) is 4.58. The van der Waals surface area contributed by atoms with Crippen LogP contribution in [0.15, 0.2) is 24.3 Å². The summed E-state index contributed by atoms with van der Waals surface area (Å²) < 4.78 is 11.2. The molecule has 2 saturated heterocycles. The van der Waals surface area contributed by atoms with Crippen molar-refractivity contribution < 1.29 is 14.3 Å². The highest BCUT2D eigenvalue weighted by molar-refractivity contribution is 5.85. The molecule has 0 bridgehead atoms. The van der Waals surface area contributed by atoms with Gasteiger partial charge >= 0.3 is 0 Å². The van der Waals surface area contributed by atoms with Crippen LogP contribution in [0.25, 0.3) is 0 Å². The molecule has 3 unspecified atom stereocenters. The van der Waals surface area contributed by atoms with Crippen LogP contribution in [-0.4, -0.2) is 67.7 Å². The van der Waals surface area contributed by atoms with Gasteiger partial charge in [-0.25, -0.2) is 0 Å². The van der Waals surface area contributed by atoms with E-state index < -0.39 is 0 Å². The Hall–Kier alpha value is -1.59. The zero-order valence-electron chi connectivity index (χ0n) is 15.0. The van der Waals surface area contributed by atoms with Gasteiger partial charge in [-0.3, -0.25) is 9.69 Å². The number of ether oxygens (including phenoxy) is 2. The molecule has 5 nitrogen and oxygen atoms in total. The smallest absolute Gasteiger partial charge is 0.230 e. The Labute approximate surface area is 149 Å². The molecule has 0 radical (unpaired) electrons. The van der Waals surface area contributed by atoms with Gasteiger partial charge in [0.2, 0.25) is 5.91 Å². The van der Waals surface area contributed by atoms with E-state index in [1.807, 2.05) is 24.3 Å². The highest BCUT2D eigenvalue weighted by Gasteiger charge is 2.41. The normalized spacial score (nSPS) is 30.0. The van der Waals surface area contributed by atoms with E-state index >= 15 is 0 Å². The first-order chi connectivity index (χ1) is 12.3. The van der Waals surface area contributed by atoms with E-state index in [2.05, 4.69) is 16.7 Å². The predicted octanol–water partition coefficient (Wildman–Crippen LogP) is 2.12. The van der Waals surface area contributed by atoms with Crippen molar-refractivity contribution >= 4 is 5.91 Å². The Kier molecular flexibility index (Phi) is 4.95. The van der Waals surface area contributed by atoms with Crippen LogP contribution in [0, 0.1) is 5.92 Å². The number of carbonyl (C=O) groups is 1. The molecule has 1 aromatic carbocycles. The molecule has 1 aromatic rings. The highest BCUT2D eigenvalue weighted by atomic mass is 16.5. The first kappa shape index (κ1) is 16.9. The van der Waals surface area contributed by atoms with Crippen molar-refractivity contribution in [1.29, 1.82) is 0 Å². The molecular weight excluding hydrogens is 316 g/mol. The zero-order chi connectivity index (χ0) is 17.2. The molecule has 3 aliphatic heterocycles. The summed E-state index contributed by atoms with van der Waals surface area (Å²) in [4.78, 5) is 17.9. The molecule has 136 valence electrons. The van der Waals surface area contributed by atoms with Crippen LogP contribution in [-0.2, 0) is 9.53 Å². The van der Waals surface area contributed by atoms with Gasteiger partial charge in [-0.05, 0) is 18.4 Å². The maximum atomic E-state index is 13.3. The zero-order valence-corrected chi connectivity index (χ0v) is 15.0. The Bertz CT molecular complexity index is 615. The minimum Gasteiger partial charge on any atom is -0.493 e. The topological polar surface area (TPSA) is 42.0 Å². The Morgan fingerprint density at radius 3 is 2.76 bits per heavy atom. The highest BCUT2D eigenvalue weighted by Crippen LogP contribution is 2.36. The van der Waals surface area contributed by atoms with Crippen molar-refractivity contribution in [2.24, 2.45) is 5.92 Å². The second-order valence-electron chi connectivity index (χ2n) is 7.35. The Balaban J connectivity index is 1.49. The van der Waals surface area contributed by atoms with E-state index in [4.69, 9.17) is 9.47 Å². The van der Waals surface area contributed by atoms with Gasteiger partial charge in [-0.2, -0.15) is 0 Å². The molecule has 4 rings (SSSR count). The average molecular weight is 344 g/mol. The van der Waals surface area contributed by atoms with Gasteiger partial charge in [0.15, 0.2) is 0 Å². The number of likely N-dealkylation sites (tertiary alicyclic amines) is 1. The van der Waals surface area contributed by atoms with Crippen LogP contribution in [0.4, 0.5) is 0 Å². The molecule has 0 N–H and O–H groups in total. The lowest BCUT2D eigenvalue weighted by Gasteiger charge is -2.34. The standard InChI is InChI=1S/C20H28N2O3/c1-2-15-13-22(14-18(15)21-8-11-24-12-9-21)20(23)17-7-10-25-19-6-4-3-5-16(17)19/h3-6,15,17-18H,2,7-14H2,1H3. The van der Waals surface area contributed by atoms with Crippen molar-refractivity contribution in [3.8, 4) is 5.75 Å². The van der Waals surface area contributed by atoms with Gasteiger partial charge in [0, 0.05) is 37.8 Å². The number of hydrogen-bond donors (Lipinski definition) is 0. The SMILES string of the molecule is CCC1CN(C(=O)C2CCOc3ccccc32)CC1N1CCOCC1. The Morgan fingerprint density at radius 1 is 1.16 bits per heavy atom. The molecule has 3 atom stereocenters. The third kappa shape index (κ3) is 3.27. The summed E-state index contributed by atoms with van der Waals surface area (Å²) in [6.07, 6.45) is 1.90. The minimum absolute atomic E-state index is 0.0501. The van der Waals surface area contributed by atoms with Crippen molar-refractivity contribution in [2.75, 3.05) is 46.0 Å². The van der Waals surface area contributed by atoms with E-state index in [-0.39, 0.29) is 11.8 Å². The Morgan fingerprint density at radius 2 is 1.96 bits per heavy atom. The van der Waals surface area contributed by atoms with Crippen LogP contribution in [0.5, 0.6) is 5.75 Å². The van der Waals surface area contributed by atoms with Gasteiger partial charge in [0.25, 0.3) is 0 Å². The third-order valence-electron chi connectivity index (χ3n) is 6.01. The molecule has 0 aromatic heterocycles. The number of hydrogen-bond acceptors (Lipinski definition) is 4. The summed E-state index contributed by atoms with van der Waals surface area (Å²) in [6.45, 7) is 8.23. The molecule has 0 aliphatic carbocycles. The number of para-hydroxylation sites is 1. The van der Waals surface area contributed by atoms with E-state index in [0.717, 1.165) is 63.5 Å². The molecule has 0 spiro atoms. The van der Waals surface area contributed by atoms with Gasteiger partial charge in [0.1, 0.15) is 5.75 Å². The van der Waals surface area contributed by atoms with Crippen LogP contribution in [0.2, 0.25) is 0 Å². The number of nitrogens with zero attached hydrogens (tertiary/aromatic N) is 2. The first-order valence-electron chi connectivity index (χ1n) is 9.60. The van der Waals surface area contributed by atoms with Crippen LogP contribution >= 0.6 is 0 Å². The molecule has 3 aliphatic rings. The van der Waals surface area contributed by atoms with Crippen molar-refractivity contribution in [3.63, 3.8) is 0 Å². The summed E-state index contributed by atoms with van der Waals surface area (Å²) in [6, 6.07) is 8.48. The summed E-state index contributed by atoms with van der Waals surface area (Å²) in [5, 5.41) is 0.